The van der Waals surface area contributed by atoms with Gasteiger partial charge in [-0.15, -0.1) is 0 Å². The molecule has 12 heavy (non-hydrogen) atoms. The van der Waals surface area contributed by atoms with E-state index < -0.39 is 5.97 Å². The number of hydrogen-bond donors (Lipinski definition) is 2. The molecule has 0 saturated carbocycles. The molecule has 0 bridgehead atoms. The van der Waals surface area contributed by atoms with E-state index >= 15 is 0 Å². The monoisotopic (exact) mass is 167 g/mol. The van der Waals surface area contributed by atoms with Crippen LogP contribution in [0.3, 0.4) is 0 Å². The van der Waals surface area contributed by atoms with Crippen molar-refractivity contribution in [2.24, 2.45) is 5.92 Å². The maximum absolute atomic E-state index is 10.6. The zero-order valence-corrected chi connectivity index (χ0v) is 6.45. The van der Waals surface area contributed by atoms with Crippen molar-refractivity contribution in [3.8, 4) is 0 Å². The fraction of sp³-hybridized carbons (Fsp3) is 0.571. The summed E-state index contributed by atoms with van der Waals surface area (Å²) in [6, 6.07) is 0. The van der Waals surface area contributed by atoms with Crippen LogP contribution in [0, 0.1) is 5.92 Å². The minimum absolute atomic E-state index is 0.275. The lowest BCUT2D eigenvalue weighted by atomic mass is 9.90. The van der Waals surface area contributed by atoms with Gasteiger partial charge in [-0.25, -0.2) is 0 Å². The first-order valence-electron chi connectivity index (χ1n) is 3.88. The SMILES string of the molecule is O=C(O)[C@@H]1CCc2n[nH]nc2C1. The van der Waals surface area contributed by atoms with Gasteiger partial charge in [0.2, 0.25) is 0 Å². The van der Waals surface area contributed by atoms with Crippen molar-refractivity contribution in [1.82, 2.24) is 15.4 Å². The number of aromatic amines is 1. The summed E-state index contributed by atoms with van der Waals surface area (Å²) in [5.74, 6) is -1.01. The first-order chi connectivity index (χ1) is 5.77. The zero-order chi connectivity index (χ0) is 8.55. The molecule has 0 unspecified atom stereocenters. The lowest BCUT2D eigenvalue weighted by molar-refractivity contribution is -0.142. The van der Waals surface area contributed by atoms with Gasteiger partial charge < -0.3 is 5.11 Å². The van der Waals surface area contributed by atoms with E-state index in [2.05, 4.69) is 15.4 Å². The Balaban J connectivity index is 2.20. The minimum atomic E-state index is -0.733. The molecule has 0 aliphatic heterocycles. The molecule has 0 fully saturated rings. The molecule has 1 aromatic heterocycles. The summed E-state index contributed by atoms with van der Waals surface area (Å²) in [5, 5.41) is 19.1. The second-order valence-corrected chi connectivity index (χ2v) is 2.99. The molecule has 0 spiro atoms. The highest BCUT2D eigenvalue weighted by Crippen LogP contribution is 2.21. The van der Waals surface area contributed by atoms with Gasteiger partial charge in [-0.2, -0.15) is 15.4 Å². The summed E-state index contributed by atoms with van der Waals surface area (Å²) in [4.78, 5) is 10.6. The van der Waals surface area contributed by atoms with Gasteiger partial charge in [0.25, 0.3) is 0 Å². The topological polar surface area (TPSA) is 78.9 Å². The van der Waals surface area contributed by atoms with Gasteiger partial charge in [-0.1, -0.05) is 0 Å². The van der Waals surface area contributed by atoms with Crippen molar-refractivity contribution in [2.75, 3.05) is 0 Å². The quantitative estimate of drug-likeness (QED) is 0.616. The van der Waals surface area contributed by atoms with Crippen LogP contribution in [0.4, 0.5) is 0 Å². The van der Waals surface area contributed by atoms with Crippen LogP contribution in [0.25, 0.3) is 0 Å². The van der Waals surface area contributed by atoms with E-state index in [0.717, 1.165) is 17.8 Å². The van der Waals surface area contributed by atoms with Crippen LogP contribution in [-0.4, -0.2) is 26.5 Å². The summed E-state index contributed by atoms with van der Waals surface area (Å²) in [6.45, 7) is 0. The molecule has 2 N–H and O–H groups in total. The molecule has 0 aromatic carbocycles. The number of hydrogen-bond acceptors (Lipinski definition) is 3. The van der Waals surface area contributed by atoms with Gasteiger partial charge in [0, 0.05) is 6.42 Å². The number of H-pyrrole nitrogens is 1. The average molecular weight is 167 g/mol. The molecular weight excluding hydrogens is 158 g/mol. The van der Waals surface area contributed by atoms with Crippen molar-refractivity contribution in [2.45, 2.75) is 19.3 Å². The Hall–Kier alpha value is -1.39. The van der Waals surface area contributed by atoms with Crippen molar-refractivity contribution in [1.29, 1.82) is 0 Å². The summed E-state index contributed by atoms with van der Waals surface area (Å²) >= 11 is 0. The highest BCUT2D eigenvalue weighted by Gasteiger charge is 2.26. The van der Waals surface area contributed by atoms with Crippen LogP contribution >= 0.6 is 0 Å². The molecule has 5 heteroatoms. The van der Waals surface area contributed by atoms with E-state index in [4.69, 9.17) is 5.11 Å². The molecule has 1 aromatic rings. The number of aliphatic carboxylic acids is 1. The van der Waals surface area contributed by atoms with Gasteiger partial charge >= 0.3 is 5.97 Å². The third kappa shape index (κ3) is 1.07. The summed E-state index contributed by atoms with van der Waals surface area (Å²) < 4.78 is 0. The van der Waals surface area contributed by atoms with Crippen molar-refractivity contribution in [3.05, 3.63) is 11.4 Å². The molecule has 64 valence electrons. The third-order valence-electron chi connectivity index (χ3n) is 2.22. The van der Waals surface area contributed by atoms with E-state index in [1.165, 1.54) is 0 Å². The second-order valence-electron chi connectivity index (χ2n) is 2.99. The molecule has 0 radical (unpaired) electrons. The number of nitrogens with one attached hydrogen (secondary N) is 1. The summed E-state index contributed by atoms with van der Waals surface area (Å²) in [7, 11) is 0. The zero-order valence-electron chi connectivity index (χ0n) is 6.45. The lowest BCUT2D eigenvalue weighted by Gasteiger charge is -2.15. The number of aryl methyl sites for hydroxylation is 1. The largest absolute Gasteiger partial charge is 0.481 e. The lowest BCUT2D eigenvalue weighted by Crippen LogP contribution is -2.22. The van der Waals surface area contributed by atoms with Crippen LogP contribution < -0.4 is 0 Å². The van der Waals surface area contributed by atoms with Gasteiger partial charge in [-0.3, -0.25) is 4.79 Å². The maximum Gasteiger partial charge on any atom is 0.306 e. The summed E-state index contributed by atoms with van der Waals surface area (Å²) in [5.41, 5.74) is 1.74. The predicted octanol–water partition coefficient (Wildman–Crippen LogP) is -0.00580. The van der Waals surface area contributed by atoms with Gasteiger partial charge in [0.05, 0.1) is 17.3 Å². The Kier molecular flexibility index (Phi) is 1.56. The Bertz CT molecular complexity index is 307. The average Bonchev–Trinajstić information content (AvgIpc) is 2.49. The summed E-state index contributed by atoms with van der Waals surface area (Å²) in [6.07, 6.45) is 1.92. The number of nitrogens with zero attached hydrogens (tertiary/aromatic N) is 2. The molecule has 1 heterocycles. The molecule has 0 saturated heterocycles. The number of fused-ring (bicyclic) bond motifs is 1. The fourth-order valence-electron chi connectivity index (χ4n) is 1.50. The van der Waals surface area contributed by atoms with Crippen LogP contribution in [0.2, 0.25) is 0 Å². The molecule has 1 aliphatic rings. The fourth-order valence-corrected chi connectivity index (χ4v) is 1.50. The van der Waals surface area contributed by atoms with Crippen molar-refractivity contribution in [3.63, 3.8) is 0 Å². The number of carboxylic acids is 1. The molecule has 0 amide bonds. The molecule has 1 atom stereocenters. The number of rotatable bonds is 1. The van der Waals surface area contributed by atoms with Gasteiger partial charge in [-0.05, 0) is 12.8 Å². The molecular formula is C7H9N3O2. The Morgan fingerprint density at radius 3 is 3.00 bits per heavy atom. The first kappa shape index (κ1) is 7.27. The number of aromatic nitrogens is 3. The number of carbonyl (C=O) groups is 1. The van der Waals surface area contributed by atoms with Gasteiger partial charge in [0.1, 0.15) is 0 Å². The highest BCUT2D eigenvalue weighted by molar-refractivity contribution is 5.70. The number of carboxylic acid groups (broad SMARTS) is 1. The molecule has 5 nitrogen and oxygen atoms in total. The molecule has 1 aliphatic carbocycles. The third-order valence-corrected chi connectivity index (χ3v) is 2.22. The standard InChI is InChI=1S/C7H9N3O2/c11-7(12)4-1-2-5-6(3-4)9-10-8-5/h4H,1-3H2,(H,11,12)(H,8,9,10)/t4-/m1/s1. The maximum atomic E-state index is 10.6. The Morgan fingerprint density at radius 2 is 2.25 bits per heavy atom. The minimum Gasteiger partial charge on any atom is -0.481 e. The Morgan fingerprint density at radius 1 is 1.50 bits per heavy atom. The van der Waals surface area contributed by atoms with E-state index in [-0.39, 0.29) is 5.92 Å². The van der Waals surface area contributed by atoms with Crippen LogP contribution in [0.15, 0.2) is 0 Å². The second kappa shape index (κ2) is 2.58. The normalized spacial score (nSPS) is 21.8. The van der Waals surface area contributed by atoms with Crippen LogP contribution in [0.1, 0.15) is 17.8 Å². The van der Waals surface area contributed by atoms with Crippen LogP contribution in [-0.2, 0) is 17.6 Å². The first-order valence-corrected chi connectivity index (χ1v) is 3.88. The van der Waals surface area contributed by atoms with E-state index in [0.29, 0.717) is 12.8 Å². The smallest absolute Gasteiger partial charge is 0.306 e. The van der Waals surface area contributed by atoms with Crippen LogP contribution in [0.5, 0.6) is 0 Å². The van der Waals surface area contributed by atoms with E-state index in [1.807, 2.05) is 0 Å². The van der Waals surface area contributed by atoms with Crippen molar-refractivity contribution >= 4 is 5.97 Å². The molecule has 2 rings (SSSR count). The van der Waals surface area contributed by atoms with E-state index in [1.54, 1.807) is 0 Å². The van der Waals surface area contributed by atoms with Crippen molar-refractivity contribution < 1.29 is 9.90 Å². The van der Waals surface area contributed by atoms with E-state index in [9.17, 15) is 4.79 Å². The highest BCUT2D eigenvalue weighted by atomic mass is 16.4. The Labute approximate surface area is 68.8 Å². The van der Waals surface area contributed by atoms with Gasteiger partial charge in [0.15, 0.2) is 0 Å². The predicted molar refractivity (Wildman–Crippen MR) is 39.5 cm³/mol.